The summed E-state index contributed by atoms with van der Waals surface area (Å²) in [6, 6.07) is -0.0120. The van der Waals surface area contributed by atoms with E-state index >= 15 is 0 Å². The molecule has 2 heterocycles. The van der Waals surface area contributed by atoms with E-state index in [-0.39, 0.29) is 22.6 Å². The van der Waals surface area contributed by atoms with Gasteiger partial charge in [0, 0.05) is 31.5 Å². The van der Waals surface area contributed by atoms with Crippen molar-refractivity contribution < 1.29 is 17.9 Å². The molecule has 0 aromatic rings. The Labute approximate surface area is 157 Å². The van der Waals surface area contributed by atoms with Gasteiger partial charge in [-0.25, -0.2) is 8.42 Å². The van der Waals surface area contributed by atoms with Gasteiger partial charge in [0.25, 0.3) is 0 Å². The molecule has 7 heteroatoms. The molecule has 2 saturated heterocycles. The van der Waals surface area contributed by atoms with Crippen LogP contribution in [0.2, 0.25) is 0 Å². The van der Waals surface area contributed by atoms with Crippen molar-refractivity contribution in [1.29, 1.82) is 0 Å². The monoisotopic (exact) mass is 382 g/mol. The highest BCUT2D eigenvalue weighted by Gasteiger charge is 2.54. The zero-order valence-electron chi connectivity index (χ0n) is 15.7. The first-order valence-corrected chi connectivity index (χ1v) is 10.9. The van der Waals surface area contributed by atoms with Crippen LogP contribution in [0, 0.1) is 5.92 Å². The molecule has 0 aromatic carbocycles. The Balaban J connectivity index is 1.87. The number of rotatable bonds is 5. The Bertz CT molecular complexity index is 692. The minimum Gasteiger partial charge on any atom is -0.497 e. The van der Waals surface area contributed by atoms with Crippen LogP contribution in [0.25, 0.3) is 0 Å². The van der Waals surface area contributed by atoms with Crippen molar-refractivity contribution >= 4 is 10.0 Å². The van der Waals surface area contributed by atoms with Gasteiger partial charge in [0.05, 0.1) is 18.6 Å². The summed E-state index contributed by atoms with van der Waals surface area (Å²) in [7, 11) is -2.05. The molecule has 0 bridgehead atoms. The molecule has 146 valence electrons. The molecular formula is C19H30N2O4S. The number of nitrogens with zero attached hydrogens (tertiary/aromatic N) is 1. The van der Waals surface area contributed by atoms with E-state index in [2.05, 4.69) is 11.9 Å². The van der Waals surface area contributed by atoms with Gasteiger partial charge in [0.15, 0.2) is 0 Å². The smallest absolute Gasteiger partial charge is 0.243 e. The Morgan fingerprint density at radius 2 is 2.12 bits per heavy atom. The molecule has 3 fully saturated rings. The third kappa shape index (κ3) is 3.50. The maximum absolute atomic E-state index is 13.4. The molecule has 0 amide bonds. The van der Waals surface area contributed by atoms with Gasteiger partial charge in [-0.2, -0.15) is 4.31 Å². The fourth-order valence-corrected chi connectivity index (χ4v) is 6.33. The van der Waals surface area contributed by atoms with Crippen LogP contribution < -0.4 is 5.32 Å². The molecule has 1 saturated carbocycles. The van der Waals surface area contributed by atoms with Crippen LogP contribution in [-0.4, -0.2) is 51.3 Å². The van der Waals surface area contributed by atoms with Crippen molar-refractivity contribution in [3.8, 4) is 0 Å². The molecule has 6 nitrogen and oxygen atoms in total. The molecule has 3 atom stereocenters. The molecule has 1 aliphatic carbocycles. The van der Waals surface area contributed by atoms with E-state index in [1.165, 1.54) is 7.11 Å². The summed E-state index contributed by atoms with van der Waals surface area (Å²) in [5.74, 6) is 0.634. The molecule has 1 N–H and O–H groups in total. The highest BCUT2D eigenvalue weighted by Crippen LogP contribution is 2.45. The molecule has 2 aliphatic heterocycles. The van der Waals surface area contributed by atoms with Crippen LogP contribution in [0.3, 0.4) is 0 Å². The van der Waals surface area contributed by atoms with E-state index < -0.39 is 10.0 Å². The minimum atomic E-state index is -3.57. The van der Waals surface area contributed by atoms with E-state index in [4.69, 9.17) is 9.47 Å². The number of allylic oxidation sites excluding steroid dienone is 3. The summed E-state index contributed by atoms with van der Waals surface area (Å²) in [6.45, 7) is 7.50. The third-order valence-electron chi connectivity index (χ3n) is 5.87. The molecule has 3 rings (SSSR count). The molecule has 1 spiro atoms. The standard InChI is InChI=1S/C19H30N2O4S/c1-4-16(10-9-15(2)24-3)26(22,23)21-13-11-19(20-12-14-25-19)17-7-5-6-8-18(17)21/h4,9-10,17-18,20H,2,5-8,11-14H2,1,3H3/b10-9-,16-4+. The number of hydrogen-bond donors (Lipinski definition) is 1. The predicted molar refractivity (Wildman–Crippen MR) is 102 cm³/mol. The average molecular weight is 383 g/mol. The van der Waals surface area contributed by atoms with Gasteiger partial charge in [-0.15, -0.1) is 0 Å². The second-order valence-corrected chi connectivity index (χ2v) is 9.07. The fourth-order valence-electron chi connectivity index (χ4n) is 4.58. The lowest BCUT2D eigenvalue weighted by Crippen LogP contribution is -2.64. The molecule has 26 heavy (non-hydrogen) atoms. The summed E-state index contributed by atoms with van der Waals surface area (Å²) in [6.07, 6.45) is 9.59. The topological polar surface area (TPSA) is 67.9 Å². The Morgan fingerprint density at radius 3 is 2.77 bits per heavy atom. The fraction of sp³-hybridized carbons (Fsp3) is 0.684. The predicted octanol–water partition coefficient (Wildman–Crippen LogP) is 2.52. The zero-order valence-corrected chi connectivity index (χ0v) is 16.6. The van der Waals surface area contributed by atoms with Crippen LogP contribution >= 0.6 is 0 Å². The van der Waals surface area contributed by atoms with Gasteiger partial charge in [-0.3, -0.25) is 5.32 Å². The minimum absolute atomic E-state index is 0.0120. The number of methoxy groups -OCH3 is 1. The normalized spacial score (nSPS) is 33.5. The zero-order chi connectivity index (χ0) is 18.8. The number of piperidine rings is 1. The van der Waals surface area contributed by atoms with Gasteiger partial charge in [0.1, 0.15) is 11.5 Å². The molecular weight excluding hydrogens is 352 g/mol. The van der Waals surface area contributed by atoms with Crippen molar-refractivity contribution in [2.45, 2.75) is 50.8 Å². The highest BCUT2D eigenvalue weighted by atomic mass is 32.2. The van der Waals surface area contributed by atoms with Crippen LogP contribution in [0.4, 0.5) is 0 Å². The second-order valence-electron chi connectivity index (χ2n) is 7.18. The maximum Gasteiger partial charge on any atom is 0.243 e. The number of fused-ring (bicyclic) bond motifs is 2. The number of sulfonamides is 1. The third-order valence-corrected chi connectivity index (χ3v) is 7.91. The number of ether oxygens (including phenoxy) is 2. The summed E-state index contributed by atoms with van der Waals surface area (Å²) in [4.78, 5) is 0.288. The van der Waals surface area contributed by atoms with Gasteiger partial charge in [-0.05, 0) is 31.9 Å². The lowest BCUT2D eigenvalue weighted by Gasteiger charge is -2.51. The lowest BCUT2D eigenvalue weighted by atomic mass is 9.74. The average Bonchev–Trinajstić information content (AvgIpc) is 3.11. The van der Waals surface area contributed by atoms with Crippen molar-refractivity contribution in [2.24, 2.45) is 5.92 Å². The number of nitrogens with one attached hydrogen (secondary N) is 1. The summed E-state index contributed by atoms with van der Waals surface area (Å²) >= 11 is 0. The first-order valence-electron chi connectivity index (χ1n) is 9.43. The first kappa shape index (κ1) is 19.6. The van der Waals surface area contributed by atoms with Gasteiger partial charge in [-0.1, -0.05) is 25.5 Å². The van der Waals surface area contributed by atoms with Crippen molar-refractivity contribution in [3.63, 3.8) is 0 Å². The van der Waals surface area contributed by atoms with E-state index in [1.807, 2.05) is 0 Å². The molecule has 3 unspecified atom stereocenters. The van der Waals surface area contributed by atoms with Crippen LogP contribution in [0.1, 0.15) is 39.0 Å². The van der Waals surface area contributed by atoms with Crippen LogP contribution in [0.5, 0.6) is 0 Å². The molecule has 0 aromatic heterocycles. The SMILES string of the molecule is C=C(/C=C\C(=C/C)S(=O)(=O)N1CCC2(NCCO2)C2CCCCC21)OC. The second kappa shape index (κ2) is 7.84. The van der Waals surface area contributed by atoms with E-state index in [0.29, 0.717) is 25.3 Å². The summed E-state index contributed by atoms with van der Waals surface area (Å²) < 4.78 is 39.5. The Morgan fingerprint density at radius 1 is 1.35 bits per heavy atom. The van der Waals surface area contributed by atoms with Gasteiger partial charge in [0.2, 0.25) is 10.0 Å². The first-order chi connectivity index (χ1) is 12.4. The number of hydrogen-bond acceptors (Lipinski definition) is 5. The molecule has 3 aliphatic rings. The van der Waals surface area contributed by atoms with E-state index in [9.17, 15) is 8.42 Å². The Hall–Kier alpha value is -1.15. The summed E-state index contributed by atoms with van der Waals surface area (Å²) in [5, 5.41) is 3.53. The van der Waals surface area contributed by atoms with Crippen LogP contribution in [0.15, 0.2) is 35.5 Å². The van der Waals surface area contributed by atoms with Gasteiger partial charge >= 0.3 is 0 Å². The lowest BCUT2D eigenvalue weighted by molar-refractivity contribution is -0.119. The van der Waals surface area contributed by atoms with Crippen molar-refractivity contribution in [3.05, 3.63) is 35.5 Å². The highest BCUT2D eigenvalue weighted by molar-refractivity contribution is 7.93. The molecule has 0 radical (unpaired) electrons. The van der Waals surface area contributed by atoms with Crippen LogP contribution in [-0.2, 0) is 19.5 Å². The maximum atomic E-state index is 13.4. The van der Waals surface area contributed by atoms with Gasteiger partial charge < -0.3 is 9.47 Å². The van der Waals surface area contributed by atoms with Crippen molar-refractivity contribution in [2.75, 3.05) is 26.8 Å². The quantitative estimate of drug-likeness (QED) is 0.585. The summed E-state index contributed by atoms with van der Waals surface area (Å²) in [5.41, 5.74) is -0.340. The van der Waals surface area contributed by atoms with Crippen molar-refractivity contribution in [1.82, 2.24) is 9.62 Å². The van der Waals surface area contributed by atoms with E-state index in [1.54, 1.807) is 29.5 Å². The Kier molecular flexibility index (Phi) is 5.91. The van der Waals surface area contributed by atoms with E-state index in [0.717, 1.165) is 32.2 Å². The largest absolute Gasteiger partial charge is 0.497 e.